The van der Waals surface area contributed by atoms with Crippen LogP contribution in [0.15, 0.2) is 30.5 Å². The van der Waals surface area contributed by atoms with Crippen LogP contribution in [-0.2, 0) is 11.2 Å². The molecule has 0 spiro atoms. The average Bonchev–Trinajstić information content (AvgIpc) is 2.81. The van der Waals surface area contributed by atoms with Crippen molar-refractivity contribution in [3.63, 3.8) is 0 Å². The molecule has 0 bridgehead atoms. The van der Waals surface area contributed by atoms with E-state index in [-0.39, 0.29) is 11.7 Å². The average molecular weight is 441 g/mol. The van der Waals surface area contributed by atoms with Gasteiger partial charge in [-0.05, 0) is 63.3 Å². The standard InChI is InChI=1S/C25H33ClN4O/c1-17(18-7-3-2-4-8-18)29-25-11-5-10-23(30-25)21-13-20(28-16-22(21)26)14-24(31)19-9-6-12-27-15-19/h5,10-11,13,16-19,27H,2-4,6-9,12,14-15H2,1H3,(H,29,30)/t17-,19-/m1/s1. The van der Waals surface area contributed by atoms with Gasteiger partial charge < -0.3 is 10.6 Å². The van der Waals surface area contributed by atoms with Gasteiger partial charge in [0.05, 0.1) is 10.7 Å². The molecule has 2 aromatic rings. The van der Waals surface area contributed by atoms with Crippen molar-refractivity contribution in [2.45, 2.75) is 64.3 Å². The van der Waals surface area contributed by atoms with Crippen LogP contribution in [0.5, 0.6) is 0 Å². The Kier molecular flexibility index (Phi) is 7.57. The maximum Gasteiger partial charge on any atom is 0.143 e. The molecule has 1 aliphatic carbocycles. The lowest BCUT2D eigenvalue weighted by molar-refractivity contribution is -0.122. The molecule has 5 nitrogen and oxygen atoms in total. The first-order chi connectivity index (χ1) is 15.1. The fourth-order valence-electron chi connectivity index (χ4n) is 4.87. The van der Waals surface area contributed by atoms with Crippen molar-refractivity contribution in [3.8, 4) is 11.3 Å². The minimum Gasteiger partial charge on any atom is -0.367 e. The van der Waals surface area contributed by atoms with E-state index in [2.05, 4.69) is 22.5 Å². The smallest absolute Gasteiger partial charge is 0.143 e. The van der Waals surface area contributed by atoms with Crippen molar-refractivity contribution < 1.29 is 4.79 Å². The third kappa shape index (κ3) is 5.83. The normalized spacial score (nSPS) is 20.9. The van der Waals surface area contributed by atoms with Crippen LogP contribution in [0.25, 0.3) is 11.3 Å². The van der Waals surface area contributed by atoms with E-state index in [4.69, 9.17) is 16.6 Å². The summed E-state index contributed by atoms with van der Waals surface area (Å²) in [6.45, 7) is 4.03. The van der Waals surface area contributed by atoms with Gasteiger partial charge in [0.15, 0.2) is 0 Å². The topological polar surface area (TPSA) is 66.9 Å². The highest BCUT2D eigenvalue weighted by molar-refractivity contribution is 6.33. The zero-order chi connectivity index (χ0) is 21.6. The van der Waals surface area contributed by atoms with Gasteiger partial charge in [0, 0.05) is 42.4 Å². The summed E-state index contributed by atoms with van der Waals surface area (Å²) in [5, 5.41) is 7.47. The summed E-state index contributed by atoms with van der Waals surface area (Å²) in [6, 6.07) is 8.31. The van der Waals surface area contributed by atoms with Gasteiger partial charge in [-0.15, -0.1) is 0 Å². The Labute approximate surface area is 190 Å². The van der Waals surface area contributed by atoms with Gasteiger partial charge in [-0.3, -0.25) is 9.78 Å². The Morgan fingerprint density at radius 1 is 1.23 bits per heavy atom. The molecular weight excluding hydrogens is 408 g/mol. The van der Waals surface area contributed by atoms with E-state index >= 15 is 0 Å². The molecule has 1 saturated carbocycles. The van der Waals surface area contributed by atoms with E-state index in [0.717, 1.165) is 48.7 Å². The molecule has 1 saturated heterocycles. The molecule has 2 aromatic heterocycles. The minimum atomic E-state index is 0.0848. The molecule has 0 unspecified atom stereocenters. The van der Waals surface area contributed by atoms with E-state index < -0.39 is 0 Å². The summed E-state index contributed by atoms with van der Waals surface area (Å²) >= 11 is 6.48. The molecule has 2 fully saturated rings. The second kappa shape index (κ2) is 10.6. The number of ketones is 1. The van der Waals surface area contributed by atoms with Crippen LogP contribution < -0.4 is 10.6 Å². The molecule has 0 aromatic carbocycles. The summed E-state index contributed by atoms with van der Waals surface area (Å²) in [7, 11) is 0. The SMILES string of the molecule is C[C@@H](Nc1cccc(-c2cc(CC(=O)[C@@H]3CCCNC3)ncc2Cl)n1)C1CCCCC1. The first-order valence-corrected chi connectivity index (χ1v) is 12.1. The van der Waals surface area contributed by atoms with Crippen molar-refractivity contribution in [2.75, 3.05) is 18.4 Å². The van der Waals surface area contributed by atoms with Gasteiger partial charge in [0.1, 0.15) is 11.6 Å². The van der Waals surface area contributed by atoms with Crippen LogP contribution >= 0.6 is 11.6 Å². The highest BCUT2D eigenvalue weighted by atomic mass is 35.5. The van der Waals surface area contributed by atoms with E-state index in [1.165, 1.54) is 32.1 Å². The van der Waals surface area contributed by atoms with Crippen molar-refractivity contribution in [2.24, 2.45) is 11.8 Å². The monoisotopic (exact) mass is 440 g/mol. The Balaban J connectivity index is 1.47. The lowest BCUT2D eigenvalue weighted by Crippen LogP contribution is -2.35. The molecule has 0 amide bonds. The Bertz CT molecular complexity index is 891. The number of rotatable bonds is 7. The minimum absolute atomic E-state index is 0.0848. The van der Waals surface area contributed by atoms with Gasteiger partial charge in [0.25, 0.3) is 0 Å². The number of anilines is 1. The molecule has 2 atom stereocenters. The molecule has 3 heterocycles. The fraction of sp³-hybridized carbons (Fsp3) is 0.560. The molecular formula is C25H33ClN4O. The largest absolute Gasteiger partial charge is 0.367 e. The first kappa shape index (κ1) is 22.2. The van der Waals surface area contributed by atoms with Gasteiger partial charge in [-0.2, -0.15) is 0 Å². The lowest BCUT2D eigenvalue weighted by Gasteiger charge is -2.28. The van der Waals surface area contributed by atoms with Crippen LogP contribution in [-0.4, -0.2) is 34.9 Å². The molecule has 31 heavy (non-hydrogen) atoms. The van der Waals surface area contributed by atoms with Crippen LogP contribution in [0.4, 0.5) is 5.82 Å². The molecule has 2 N–H and O–H groups in total. The highest BCUT2D eigenvalue weighted by Gasteiger charge is 2.22. The zero-order valence-corrected chi connectivity index (χ0v) is 19.1. The van der Waals surface area contributed by atoms with Crippen molar-refractivity contribution in [1.82, 2.24) is 15.3 Å². The number of nitrogens with one attached hydrogen (secondary N) is 2. The molecule has 4 rings (SSSR count). The number of hydrogen-bond donors (Lipinski definition) is 2. The number of halogens is 1. The number of piperidine rings is 1. The zero-order valence-electron chi connectivity index (χ0n) is 18.4. The van der Waals surface area contributed by atoms with Gasteiger partial charge in [-0.25, -0.2) is 4.98 Å². The van der Waals surface area contributed by atoms with Gasteiger partial charge in [-0.1, -0.05) is 36.9 Å². The second-order valence-corrected chi connectivity index (χ2v) is 9.49. The number of Topliss-reactive ketones (excluding diaryl/α,β-unsaturated/α-hetero) is 1. The van der Waals surface area contributed by atoms with E-state index in [9.17, 15) is 4.79 Å². The third-order valence-electron chi connectivity index (χ3n) is 6.78. The summed E-state index contributed by atoms with van der Waals surface area (Å²) < 4.78 is 0. The van der Waals surface area contributed by atoms with Gasteiger partial charge in [0.2, 0.25) is 0 Å². The Hall–Kier alpha value is -1.98. The van der Waals surface area contributed by atoms with E-state index in [0.29, 0.717) is 23.4 Å². The Morgan fingerprint density at radius 3 is 2.84 bits per heavy atom. The van der Waals surface area contributed by atoms with Crippen LogP contribution in [0.3, 0.4) is 0 Å². The summed E-state index contributed by atoms with van der Waals surface area (Å²) in [4.78, 5) is 21.9. The molecule has 2 aliphatic rings. The quantitative estimate of drug-likeness (QED) is 0.612. The third-order valence-corrected chi connectivity index (χ3v) is 7.08. The lowest BCUT2D eigenvalue weighted by atomic mass is 9.84. The van der Waals surface area contributed by atoms with E-state index in [1.807, 2.05) is 24.3 Å². The number of hydrogen-bond acceptors (Lipinski definition) is 5. The number of nitrogens with zero attached hydrogens (tertiary/aromatic N) is 2. The van der Waals surface area contributed by atoms with Crippen LogP contribution in [0.2, 0.25) is 5.02 Å². The summed E-state index contributed by atoms with van der Waals surface area (Å²) in [6.07, 6.45) is 10.6. The van der Waals surface area contributed by atoms with Gasteiger partial charge >= 0.3 is 0 Å². The van der Waals surface area contributed by atoms with Crippen LogP contribution in [0.1, 0.15) is 57.6 Å². The summed E-state index contributed by atoms with van der Waals surface area (Å²) in [5.74, 6) is 1.91. The van der Waals surface area contributed by atoms with Crippen molar-refractivity contribution in [3.05, 3.63) is 41.2 Å². The summed E-state index contributed by atoms with van der Waals surface area (Å²) in [5.41, 5.74) is 2.39. The number of carbonyl (C=O) groups is 1. The predicted molar refractivity (Wildman–Crippen MR) is 126 cm³/mol. The number of pyridine rings is 2. The van der Waals surface area contributed by atoms with Crippen LogP contribution in [0, 0.1) is 11.8 Å². The van der Waals surface area contributed by atoms with Crippen molar-refractivity contribution >= 4 is 23.2 Å². The molecule has 166 valence electrons. The highest BCUT2D eigenvalue weighted by Crippen LogP contribution is 2.30. The number of aromatic nitrogens is 2. The number of carbonyl (C=O) groups excluding carboxylic acids is 1. The van der Waals surface area contributed by atoms with E-state index in [1.54, 1.807) is 6.20 Å². The maximum atomic E-state index is 12.7. The molecule has 0 radical (unpaired) electrons. The molecule has 1 aliphatic heterocycles. The molecule has 6 heteroatoms. The first-order valence-electron chi connectivity index (χ1n) is 11.7. The fourth-order valence-corrected chi connectivity index (χ4v) is 5.07. The second-order valence-electron chi connectivity index (χ2n) is 9.08. The van der Waals surface area contributed by atoms with Crippen molar-refractivity contribution in [1.29, 1.82) is 0 Å². The predicted octanol–water partition coefficient (Wildman–Crippen LogP) is 5.29. The maximum absolute atomic E-state index is 12.7. The Morgan fingerprint density at radius 2 is 2.06 bits per heavy atom.